The zero-order chi connectivity index (χ0) is 12.1. The van der Waals surface area contributed by atoms with Crippen LogP contribution in [0.1, 0.15) is 52.9 Å². The van der Waals surface area contributed by atoms with Gasteiger partial charge in [-0.1, -0.05) is 20.3 Å². The lowest BCUT2D eigenvalue weighted by atomic mass is 9.91. The first-order valence-electron chi connectivity index (χ1n) is 6.61. The quantitative estimate of drug-likeness (QED) is 0.798. The van der Waals surface area contributed by atoms with Crippen LogP contribution in [0.2, 0.25) is 0 Å². The van der Waals surface area contributed by atoms with E-state index in [9.17, 15) is 4.79 Å². The maximum atomic E-state index is 12.1. The first-order chi connectivity index (χ1) is 7.56. The van der Waals surface area contributed by atoms with Gasteiger partial charge in [0.05, 0.1) is 0 Å². The highest BCUT2D eigenvalue weighted by Crippen LogP contribution is 2.23. The third-order valence-electron chi connectivity index (χ3n) is 3.79. The second kappa shape index (κ2) is 6.24. The fraction of sp³-hybridized carbons (Fsp3) is 0.923. The van der Waals surface area contributed by atoms with Crippen LogP contribution in [0.15, 0.2) is 0 Å². The number of carbonyl (C=O) groups is 1. The number of hydrogen-bond acceptors (Lipinski definition) is 2. The molecule has 0 aromatic heterocycles. The van der Waals surface area contributed by atoms with Crippen LogP contribution in [0, 0.1) is 5.92 Å². The van der Waals surface area contributed by atoms with E-state index in [1.54, 1.807) is 0 Å². The summed E-state index contributed by atoms with van der Waals surface area (Å²) in [5.74, 6) is 0.875. The molecule has 2 N–H and O–H groups in total. The predicted molar refractivity (Wildman–Crippen MR) is 67.1 cm³/mol. The highest BCUT2D eigenvalue weighted by atomic mass is 16.2. The number of hydrogen-bond donors (Lipinski definition) is 1. The summed E-state index contributed by atoms with van der Waals surface area (Å²) in [5.41, 5.74) is 5.92. The van der Waals surface area contributed by atoms with Crippen molar-refractivity contribution in [2.45, 2.75) is 65.0 Å². The normalized spacial score (nSPS) is 27.9. The van der Waals surface area contributed by atoms with Crippen molar-refractivity contribution in [1.82, 2.24) is 4.90 Å². The van der Waals surface area contributed by atoms with Crippen LogP contribution in [0.3, 0.4) is 0 Å². The highest BCUT2D eigenvalue weighted by Gasteiger charge is 2.28. The van der Waals surface area contributed by atoms with Crippen molar-refractivity contribution in [2.75, 3.05) is 6.54 Å². The van der Waals surface area contributed by atoms with Crippen LogP contribution in [0.25, 0.3) is 0 Å². The molecule has 0 spiro atoms. The monoisotopic (exact) mass is 226 g/mol. The van der Waals surface area contributed by atoms with E-state index in [2.05, 4.69) is 20.8 Å². The van der Waals surface area contributed by atoms with Crippen molar-refractivity contribution < 1.29 is 4.79 Å². The second-order valence-corrected chi connectivity index (χ2v) is 5.20. The number of nitrogens with two attached hydrogens (primary N) is 1. The van der Waals surface area contributed by atoms with E-state index in [1.807, 2.05) is 4.90 Å². The molecule has 0 saturated carbocycles. The van der Waals surface area contributed by atoms with Crippen molar-refractivity contribution >= 4 is 5.91 Å². The zero-order valence-corrected chi connectivity index (χ0v) is 10.9. The standard InChI is InChI=1S/C13H26N2O/c1-4-6-12(14)9-13(16)15-8-5-7-10(2)11(15)3/h10-12H,4-9,14H2,1-3H3. The molecule has 3 nitrogen and oxygen atoms in total. The second-order valence-electron chi connectivity index (χ2n) is 5.20. The SMILES string of the molecule is CCCC(N)CC(=O)N1CCCC(C)C1C. The molecule has 0 aromatic rings. The Morgan fingerprint density at radius 3 is 2.81 bits per heavy atom. The molecule has 3 heteroatoms. The minimum atomic E-state index is 0.0435. The zero-order valence-electron chi connectivity index (χ0n) is 10.9. The Labute approximate surface area is 99.4 Å². The summed E-state index contributed by atoms with van der Waals surface area (Å²) in [6, 6.07) is 0.428. The Kier molecular flexibility index (Phi) is 5.26. The van der Waals surface area contributed by atoms with Gasteiger partial charge in [-0.3, -0.25) is 4.79 Å². The third kappa shape index (κ3) is 3.48. The highest BCUT2D eigenvalue weighted by molar-refractivity contribution is 5.77. The van der Waals surface area contributed by atoms with E-state index >= 15 is 0 Å². The van der Waals surface area contributed by atoms with E-state index in [0.29, 0.717) is 18.4 Å². The summed E-state index contributed by atoms with van der Waals surface area (Å²) in [6.45, 7) is 7.42. The summed E-state index contributed by atoms with van der Waals surface area (Å²) >= 11 is 0. The lowest BCUT2D eigenvalue weighted by molar-refractivity contribution is -0.136. The van der Waals surface area contributed by atoms with Crippen molar-refractivity contribution in [2.24, 2.45) is 11.7 Å². The minimum Gasteiger partial charge on any atom is -0.340 e. The van der Waals surface area contributed by atoms with E-state index in [0.717, 1.165) is 25.8 Å². The van der Waals surface area contributed by atoms with Gasteiger partial charge in [0, 0.05) is 25.0 Å². The number of likely N-dealkylation sites (tertiary alicyclic amines) is 1. The number of carbonyl (C=O) groups excluding carboxylic acids is 1. The van der Waals surface area contributed by atoms with Crippen molar-refractivity contribution in [3.8, 4) is 0 Å². The van der Waals surface area contributed by atoms with Gasteiger partial charge in [-0.2, -0.15) is 0 Å². The molecular formula is C13H26N2O. The van der Waals surface area contributed by atoms with Gasteiger partial charge in [0.1, 0.15) is 0 Å². The van der Waals surface area contributed by atoms with Crippen LogP contribution in [-0.2, 0) is 4.79 Å². The Hall–Kier alpha value is -0.570. The van der Waals surface area contributed by atoms with Gasteiger partial charge in [-0.05, 0) is 32.1 Å². The lowest BCUT2D eigenvalue weighted by Crippen LogP contribution is -2.47. The Bertz CT molecular complexity index is 230. The molecule has 1 rings (SSSR count). The first kappa shape index (κ1) is 13.5. The molecule has 3 unspecified atom stereocenters. The maximum absolute atomic E-state index is 12.1. The van der Waals surface area contributed by atoms with Crippen LogP contribution in [0.5, 0.6) is 0 Å². The largest absolute Gasteiger partial charge is 0.340 e. The van der Waals surface area contributed by atoms with Gasteiger partial charge in [0.2, 0.25) is 5.91 Å². The molecule has 1 heterocycles. The third-order valence-corrected chi connectivity index (χ3v) is 3.79. The maximum Gasteiger partial charge on any atom is 0.224 e. The number of nitrogens with zero attached hydrogens (tertiary/aromatic N) is 1. The fourth-order valence-electron chi connectivity index (χ4n) is 2.50. The number of amides is 1. The van der Waals surface area contributed by atoms with Gasteiger partial charge < -0.3 is 10.6 Å². The average molecular weight is 226 g/mol. The molecule has 1 fully saturated rings. The minimum absolute atomic E-state index is 0.0435. The molecule has 0 aromatic carbocycles. The predicted octanol–water partition coefficient (Wildman–Crippen LogP) is 2.15. The van der Waals surface area contributed by atoms with E-state index in [1.165, 1.54) is 6.42 Å². The van der Waals surface area contributed by atoms with Crippen LogP contribution < -0.4 is 5.73 Å². The summed E-state index contributed by atoms with van der Waals surface area (Å²) in [5, 5.41) is 0. The van der Waals surface area contributed by atoms with Crippen molar-refractivity contribution in [3.05, 3.63) is 0 Å². The molecule has 94 valence electrons. The molecule has 1 aliphatic heterocycles. The van der Waals surface area contributed by atoms with Gasteiger partial charge in [-0.25, -0.2) is 0 Å². The average Bonchev–Trinajstić information content (AvgIpc) is 2.22. The van der Waals surface area contributed by atoms with Gasteiger partial charge in [-0.15, -0.1) is 0 Å². The summed E-state index contributed by atoms with van der Waals surface area (Å²) < 4.78 is 0. The molecule has 16 heavy (non-hydrogen) atoms. The molecule has 0 radical (unpaired) electrons. The fourth-order valence-corrected chi connectivity index (χ4v) is 2.50. The summed E-state index contributed by atoms with van der Waals surface area (Å²) in [6.07, 6.45) is 4.90. The molecule has 3 atom stereocenters. The molecule has 1 amide bonds. The van der Waals surface area contributed by atoms with E-state index in [-0.39, 0.29) is 11.9 Å². The smallest absolute Gasteiger partial charge is 0.224 e. The Morgan fingerprint density at radius 1 is 1.50 bits per heavy atom. The van der Waals surface area contributed by atoms with E-state index in [4.69, 9.17) is 5.73 Å². The molecule has 0 aliphatic carbocycles. The summed E-state index contributed by atoms with van der Waals surface area (Å²) in [4.78, 5) is 14.1. The molecule has 0 bridgehead atoms. The number of piperidine rings is 1. The van der Waals surface area contributed by atoms with E-state index < -0.39 is 0 Å². The topological polar surface area (TPSA) is 46.3 Å². The van der Waals surface area contributed by atoms with Crippen LogP contribution in [0.4, 0.5) is 0 Å². The Balaban J connectivity index is 2.46. The lowest BCUT2D eigenvalue weighted by Gasteiger charge is -2.38. The molecule has 1 saturated heterocycles. The van der Waals surface area contributed by atoms with Gasteiger partial charge >= 0.3 is 0 Å². The molecule has 1 aliphatic rings. The molecular weight excluding hydrogens is 200 g/mol. The van der Waals surface area contributed by atoms with Crippen molar-refractivity contribution in [1.29, 1.82) is 0 Å². The number of rotatable bonds is 4. The van der Waals surface area contributed by atoms with Gasteiger partial charge in [0.15, 0.2) is 0 Å². The summed E-state index contributed by atoms with van der Waals surface area (Å²) in [7, 11) is 0. The van der Waals surface area contributed by atoms with Crippen molar-refractivity contribution in [3.63, 3.8) is 0 Å². The van der Waals surface area contributed by atoms with Crippen LogP contribution >= 0.6 is 0 Å². The first-order valence-corrected chi connectivity index (χ1v) is 6.61. The van der Waals surface area contributed by atoms with Gasteiger partial charge in [0.25, 0.3) is 0 Å². The Morgan fingerprint density at radius 2 is 2.19 bits per heavy atom. The van der Waals surface area contributed by atoms with Crippen LogP contribution in [-0.4, -0.2) is 29.4 Å².